The van der Waals surface area contributed by atoms with Gasteiger partial charge in [-0.1, -0.05) is 12.8 Å². The van der Waals surface area contributed by atoms with Gasteiger partial charge in [0.2, 0.25) is 11.8 Å². The van der Waals surface area contributed by atoms with Crippen LogP contribution in [0.4, 0.5) is 4.39 Å². The van der Waals surface area contributed by atoms with E-state index in [1.807, 2.05) is 4.90 Å². The fourth-order valence-corrected chi connectivity index (χ4v) is 5.08. The zero-order valence-corrected chi connectivity index (χ0v) is 17.5. The van der Waals surface area contributed by atoms with Crippen LogP contribution >= 0.6 is 0 Å². The van der Waals surface area contributed by atoms with Crippen molar-refractivity contribution >= 4 is 11.8 Å². The third kappa shape index (κ3) is 5.12. The maximum Gasteiger partial charge on any atom is 0.237 e. The molecule has 1 aliphatic carbocycles. The molecule has 0 radical (unpaired) electrons. The molecule has 1 N–H and O–H groups in total. The first-order valence-corrected chi connectivity index (χ1v) is 11.3. The van der Waals surface area contributed by atoms with Crippen molar-refractivity contribution in [3.63, 3.8) is 0 Å². The summed E-state index contributed by atoms with van der Waals surface area (Å²) in [6, 6.07) is 6.12. The van der Waals surface area contributed by atoms with E-state index >= 15 is 0 Å². The van der Waals surface area contributed by atoms with Gasteiger partial charge in [-0.3, -0.25) is 14.5 Å². The van der Waals surface area contributed by atoms with E-state index in [0.717, 1.165) is 38.8 Å². The predicted octanol–water partition coefficient (Wildman–Crippen LogP) is 2.58. The highest BCUT2D eigenvalue weighted by atomic mass is 19.1. The zero-order chi connectivity index (χ0) is 20.9. The number of likely N-dealkylation sites (tertiary alicyclic amines) is 1. The summed E-state index contributed by atoms with van der Waals surface area (Å²) in [4.78, 5) is 29.8. The molecular weight excluding hydrogens is 385 g/mol. The Morgan fingerprint density at radius 3 is 2.63 bits per heavy atom. The number of carbonyl (C=O) groups is 2. The average molecular weight is 418 g/mol. The van der Waals surface area contributed by atoms with Gasteiger partial charge >= 0.3 is 0 Å². The van der Waals surface area contributed by atoms with Gasteiger partial charge in [0, 0.05) is 38.1 Å². The average Bonchev–Trinajstić information content (AvgIpc) is 3.30. The van der Waals surface area contributed by atoms with Crippen LogP contribution in [-0.2, 0) is 9.59 Å². The van der Waals surface area contributed by atoms with Crippen LogP contribution in [0.5, 0.6) is 5.75 Å². The Labute approximate surface area is 177 Å². The Morgan fingerprint density at radius 1 is 1.10 bits per heavy atom. The second-order valence-electron chi connectivity index (χ2n) is 8.80. The topological polar surface area (TPSA) is 61.9 Å². The number of nitrogens with zero attached hydrogens (tertiary/aromatic N) is 2. The van der Waals surface area contributed by atoms with Crippen molar-refractivity contribution in [3.05, 3.63) is 30.1 Å². The Morgan fingerprint density at radius 2 is 1.87 bits per heavy atom. The number of rotatable bonds is 6. The van der Waals surface area contributed by atoms with Crippen molar-refractivity contribution in [2.75, 3.05) is 32.8 Å². The Bertz CT molecular complexity index is 736. The highest BCUT2D eigenvalue weighted by molar-refractivity contribution is 5.89. The summed E-state index contributed by atoms with van der Waals surface area (Å²) in [5.41, 5.74) is 0. The number of benzene rings is 1. The van der Waals surface area contributed by atoms with Crippen molar-refractivity contribution in [2.45, 2.75) is 57.0 Å². The Hall–Kier alpha value is -2.15. The maximum atomic E-state index is 13.1. The molecule has 30 heavy (non-hydrogen) atoms. The molecule has 2 heterocycles. The minimum absolute atomic E-state index is 0.00491. The molecule has 2 saturated heterocycles. The molecule has 164 valence electrons. The Kier molecular flexibility index (Phi) is 6.87. The summed E-state index contributed by atoms with van der Waals surface area (Å²) in [7, 11) is 0. The molecule has 1 aromatic rings. The molecule has 7 heteroatoms. The summed E-state index contributed by atoms with van der Waals surface area (Å²) < 4.78 is 18.8. The molecule has 1 aromatic carbocycles. The van der Waals surface area contributed by atoms with Gasteiger partial charge in [-0.25, -0.2) is 4.39 Å². The molecule has 2 unspecified atom stereocenters. The molecule has 0 spiro atoms. The molecule has 3 aliphatic rings. The molecular formula is C23H32FN3O3. The highest BCUT2D eigenvalue weighted by Crippen LogP contribution is 2.28. The fourth-order valence-electron chi connectivity index (χ4n) is 5.08. The summed E-state index contributed by atoms with van der Waals surface area (Å²) in [6.07, 6.45) is 6.88. The second kappa shape index (κ2) is 9.77. The van der Waals surface area contributed by atoms with Gasteiger partial charge in [-0.15, -0.1) is 0 Å². The molecule has 3 fully saturated rings. The van der Waals surface area contributed by atoms with E-state index in [9.17, 15) is 14.0 Å². The van der Waals surface area contributed by atoms with Crippen molar-refractivity contribution < 1.29 is 18.7 Å². The number of carbonyl (C=O) groups excluding carboxylic acids is 2. The van der Waals surface area contributed by atoms with E-state index in [0.29, 0.717) is 31.5 Å². The van der Waals surface area contributed by atoms with Gasteiger partial charge in [0.15, 0.2) is 0 Å². The van der Waals surface area contributed by atoms with Gasteiger partial charge < -0.3 is 15.0 Å². The smallest absolute Gasteiger partial charge is 0.237 e. The number of piperidine rings is 1. The van der Waals surface area contributed by atoms with Crippen LogP contribution in [0.15, 0.2) is 24.3 Å². The van der Waals surface area contributed by atoms with Gasteiger partial charge in [0.1, 0.15) is 11.6 Å². The zero-order valence-electron chi connectivity index (χ0n) is 17.5. The van der Waals surface area contributed by atoms with E-state index in [-0.39, 0.29) is 36.0 Å². The number of hydrogen-bond donors (Lipinski definition) is 1. The quantitative estimate of drug-likeness (QED) is 0.773. The summed E-state index contributed by atoms with van der Waals surface area (Å²) in [6.45, 7) is 3.41. The first kappa shape index (κ1) is 21.1. The monoisotopic (exact) mass is 417 g/mol. The molecule has 0 bridgehead atoms. The second-order valence-corrected chi connectivity index (χ2v) is 8.80. The van der Waals surface area contributed by atoms with Crippen LogP contribution in [0.2, 0.25) is 0 Å². The van der Waals surface area contributed by atoms with Crippen LogP contribution in [-0.4, -0.2) is 66.5 Å². The normalized spacial score (nSPS) is 25.9. The standard InChI is InChI=1S/C23H32FN3O3/c24-18-7-9-20(10-8-18)30-16-17-4-3-12-26(15-17)22(28)14-21-23(29)25-11-13-27(21)19-5-1-2-6-19/h7-10,17,19,21H,1-6,11-16H2,(H,25,29). The SMILES string of the molecule is O=C1NCCN(C2CCCC2)C1CC(=O)N1CCCC(COc2ccc(F)cc2)C1. The molecule has 0 aromatic heterocycles. The molecule has 1 saturated carbocycles. The molecule has 2 amide bonds. The van der Waals surface area contributed by atoms with E-state index in [1.54, 1.807) is 12.1 Å². The lowest BCUT2D eigenvalue weighted by Gasteiger charge is -2.40. The van der Waals surface area contributed by atoms with Gasteiger partial charge in [0.05, 0.1) is 19.1 Å². The number of amides is 2. The van der Waals surface area contributed by atoms with E-state index in [2.05, 4.69) is 10.2 Å². The lowest BCUT2D eigenvalue weighted by Crippen LogP contribution is -2.59. The Balaban J connectivity index is 1.31. The first-order valence-electron chi connectivity index (χ1n) is 11.3. The summed E-state index contributed by atoms with van der Waals surface area (Å²) >= 11 is 0. The number of nitrogens with one attached hydrogen (secondary N) is 1. The minimum atomic E-state index is -0.342. The fraction of sp³-hybridized carbons (Fsp3) is 0.652. The van der Waals surface area contributed by atoms with Gasteiger partial charge in [-0.05, 0) is 49.9 Å². The number of piperazine rings is 1. The van der Waals surface area contributed by atoms with E-state index < -0.39 is 0 Å². The molecule has 4 rings (SSSR count). The maximum absolute atomic E-state index is 13.1. The van der Waals surface area contributed by atoms with Crippen LogP contribution in [0.3, 0.4) is 0 Å². The minimum Gasteiger partial charge on any atom is -0.493 e. The largest absolute Gasteiger partial charge is 0.493 e. The third-order valence-corrected chi connectivity index (χ3v) is 6.70. The number of halogens is 1. The van der Waals surface area contributed by atoms with Crippen LogP contribution in [0.25, 0.3) is 0 Å². The van der Waals surface area contributed by atoms with Crippen LogP contribution in [0.1, 0.15) is 44.9 Å². The van der Waals surface area contributed by atoms with Gasteiger partial charge in [-0.2, -0.15) is 0 Å². The van der Waals surface area contributed by atoms with Crippen molar-refractivity contribution in [3.8, 4) is 5.75 Å². The van der Waals surface area contributed by atoms with Gasteiger partial charge in [0.25, 0.3) is 0 Å². The van der Waals surface area contributed by atoms with Crippen molar-refractivity contribution in [1.82, 2.24) is 15.1 Å². The third-order valence-electron chi connectivity index (χ3n) is 6.70. The van der Waals surface area contributed by atoms with Crippen LogP contribution in [0, 0.1) is 11.7 Å². The first-order chi connectivity index (χ1) is 14.6. The lowest BCUT2D eigenvalue weighted by molar-refractivity contribution is -0.141. The van der Waals surface area contributed by atoms with E-state index in [4.69, 9.17) is 4.74 Å². The molecule has 2 aliphatic heterocycles. The number of ether oxygens (including phenoxy) is 1. The van der Waals surface area contributed by atoms with Crippen LogP contribution < -0.4 is 10.1 Å². The van der Waals surface area contributed by atoms with E-state index in [1.165, 1.54) is 25.0 Å². The number of hydrogen-bond acceptors (Lipinski definition) is 4. The molecule has 2 atom stereocenters. The lowest BCUT2D eigenvalue weighted by atomic mass is 9.97. The van der Waals surface area contributed by atoms with Crippen molar-refractivity contribution in [2.24, 2.45) is 5.92 Å². The highest BCUT2D eigenvalue weighted by Gasteiger charge is 2.38. The molecule has 6 nitrogen and oxygen atoms in total. The summed E-state index contributed by atoms with van der Waals surface area (Å²) in [5.74, 6) is 0.668. The van der Waals surface area contributed by atoms with Crippen molar-refractivity contribution in [1.29, 1.82) is 0 Å². The predicted molar refractivity (Wildman–Crippen MR) is 112 cm³/mol. The summed E-state index contributed by atoms with van der Waals surface area (Å²) in [5, 5.41) is 2.95.